The maximum absolute atomic E-state index is 12.3. The molecule has 1 heterocycles. The number of halogens is 5. The van der Waals surface area contributed by atoms with Gasteiger partial charge in [0.25, 0.3) is 0 Å². The molecule has 0 aliphatic rings. The van der Waals surface area contributed by atoms with E-state index < -0.39 is 23.1 Å². The van der Waals surface area contributed by atoms with Crippen molar-refractivity contribution in [2.24, 2.45) is 0 Å². The van der Waals surface area contributed by atoms with Gasteiger partial charge in [-0.25, -0.2) is 4.79 Å². The van der Waals surface area contributed by atoms with Gasteiger partial charge in [-0.3, -0.25) is 0 Å². The average molecular weight is 388 g/mol. The van der Waals surface area contributed by atoms with E-state index in [0.29, 0.717) is 21.1 Å². The van der Waals surface area contributed by atoms with Crippen LogP contribution >= 0.6 is 31.9 Å². The molecule has 0 saturated heterocycles. The number of alkyl halides is 4. The number of aromatic nitrogens is 2. The third kappa shape index (κ3) is 2.97. The molecule has 2 N–H and O–H groups in total. The van der Waals surface area contributed by atoms with Crippen LogP contribution < -0.4 is 5.69 Å². The van der Waals surface area contributed by atoms with Crippen LogP contribution in [0.1, 0.15) is 16.8 Å². The molecule has 0 spiro atoms. The third-order valence-electron chi connectivity index (χ3n) is 2.38. The molecule has 0 bridgehead atoms. The molecule has 1 unspecified atom stereocenters. The fourth-order valence-electron chi connectivity index (χ4n) is 1.63. The van der Waals surface area contributed by atoms with E-state index in [1.165, 1.54) is 6.07 Å². The van der Waals surface area contributed by atoms with Gasteiger partial charge in [-0.15, -0.1) is 0 Å². The van der Waals surface area contributed by atoms with Gasteiger partial charge < -0.3 is 9.97 Å². The monoisotopic (exact) mass is 386 g/mol. The van der Waals surface area contributed by atoms with Crippen LogP contribution in [0.3, 0.4) is 0 Å². The minimum absolute atomic E-state index is 0.393. The summed E-state index contributed by atoms with van der Waals surface area (Å²) >= 11 is 6.21. The molecule has 0 amide bonds. The molecule has 0 aliphatic carbocycles. The van der Waals surface area contributed by atoms with Gasteiger partial charge in [-0.1, -0.05) is 31.9 Å². The third-order valence-corrected chi connectivity index (χ3v) is 3.89. The lowest BCUT2D eigenvalue weighted by molar-refractivity contribution is -0.134. The number of fused-ring (bicyclic) bond motifs is 1. The highest BCUT2D eigenvalue weighted by Crippen LogP contribution is 2.39. The van der Waals surface area contributed by atoms with Gasteiger partial charge in [0.05, 0.1) is 17.5 Å². The standard InChI is InChI=1S/C10H7Br2F3N2O/c11-5-2-8-7(16-9(18)17-8)1-4(5)6(12)3-10(13,14)15/h1-2,6H,3H2,(H2,16,17,18). The first-order chi connectivity index (χ1) is 8.26. The van der Waals surface area contributed by atoms with Crippen molar-refractivity contribution in [1.29, 1.82) is 0 Å². The van der Waals surface area contributed by atoms with E-state index in [1.807, 2.05) is 0 Å². The molecule has 1 aromatic heterocycles. The van der Waals surface area contributed by atoms with E-state index in [1.54, 1.807) is 6.07 Å². The fourth-order valence-corrected chi connectivity index (χ4v) is 3.30. The Morgan fingerprint density at radius 3 is 2.33 bits per heavy atom. The molecular formula is C10H7Br2F3N2O. The number of nitrogens with one attached hydrogen (secondary N) is 2. The van der Waals surface area contributed by atoms with Crippen molar-refractivity contribution in [2.45, 2.75) is 17.4 Å². The Morgan fingerprint density at radius 1 is 1.22 bits per heavy atom. The van der Waals surface area contributed by atoms with Gasteiger partial charge >= 0.3 is 11.9 Å². The number of rotatable bonds is 2. The highest BCUT2D eigenvalue weighted by atomic mass is 79.9. The zero-order valence-electron chi connectivity index (χ0n) is 8.74. The number of hydrogen-bond acceptors (Lipinski definition) is 1. The average Bonchev–Trinajstić information content (AvgIpc) is 2.53. The van der Waals surface area contributed by atoms with E-state index in [2.05, 4.69) is 41.8 Å². The van der Waals surface area contributed by atoms with Gasteiger partial charge in [0.15, 0.2) is 0 Å². The maximum atomic E-state index is 12.3. The number of hydrogen-bond donors (Lipinski definition) is 2. The van der Waals surface area contributed by atoms with Crippen LogP contribution in [-0.2, 0) is 0 Å². The first kappa shape index (κ1) is 13.7. The van der Waals surface area contributed by atoms with Crippen molar-refractivity contribution in [1.82, 2.24) is 9.97 Å². The Kier molecular flexibility index (Phi) is 3.59. The summed E-state index contributed by atoms with van der Waals surface area (Å²) in [4.78, 5) is 15.3. The molecule has 98 valence electrons. The predicted molar refractivity (Wildman–Crippen MR) is 69.0 cm³/mol. The van der Waals surface area contributed by atoms with Crippen molar-refractivity contribution in [3.05, 3.63) is 32.7 Å². The fraction of sp³-hybridized carbons (Fsp3) is 0.300. The molecule has 1 atom stereocenters. The molecule has 0 saturated carbocycles. The molecule has 0 radical (unpaired) electrons. The van der Waals surface area contributed by atoms with Crippen LogP contribution in [0.2, 0.25) is 0 Å². The summed E-state index contributed by atoms with van der Waals surface area (Å²) in [5, 5.41) is 0. The van der Waals surface area contributed by atoms with Gasteiger partial charge in [0.1, 0.15) is 0 Å². The number of benzene rings is 1. The molecule has 3 nitrogen and oxygen atoms in total. The molecule has 0 aliphatic heterocycles. The summed E-state index contributed by atoms with van der Waals surface area (Å²) < 4.78 is 37.5. The van der Waals surface area contributed by atoms with Crippen LogP contribution in [0.5, 0.6) is 0 Å². The lowest BCUT2D eigenvalue weighted by atomic mass is 10.1. The van der Waals surface area contributed by atoms with E-state index >= 15 is 0 Å². The zero-order valence-corrected chi connectivity index (χ0v) is 11.9. The summed E-state index contributed by atoms with van der Waals surface area (Å²) in [7, 11) is 0. The van der Waals surface area contributed by atoms with E-state index in [0.717, 1.165) is 0 Å². The molecule has 18 heavy (non-hydrogen) atoms. The topological polar surface area (TPSA) is 48.6 Å². The highest BCUT2D eigenvalue weighted by Gasteiger charge is 2.32. The van der Waals surface area contributed by atoms with Crippen LogP contribution in [0.15, 0.2) is 21.4 Å². The smallest absolute Gasteiger partial charge is 0.306 e. The summed E-state index contributed by atoms with van der Waals surface area (Å²) in [6.07, 6.45) is -5.24. The Labute approximate surface area is 116 Å². The Bertz CT molecular complexity index is 632. The highest BCUT2D eigenvalue weighted by molar-refractivity contribution is 9.11. The Hall–Kier alpha value is -0.760. The molecule has 8 heteroatoms. The second-order valence-corrected chi connectivity index (χ2v) is 5.74. The minimum Gasteiger partial charge on any atom is -0.306 e. The van der Waals surface area contributed by atoms with Crippen molar-refractivity contribution in [3.8, 4) is 0 Å². The maximum Gasteiger partial charge on any atom is 0.390 e. The molecule has 2 rings (SSSR count). The quantitative estimate of drug-likeness (QED) is 0.751. The minimum atomic E-state index is -4.26. The Balaban J connectivity index is 2.44. The number of imidazole rings is 1. The largest absolute Gasteiger partial charge is 0.390 e. The van der Waals surface area contributed by atoms with E-state index in [9.17, 15) is 18.0 Å². The van der Waals surface area contributed by atoms with E-state index in [4.69, 9.17) is 0 Å². The first-order valence-electron chi connectivity index (χ1n) is 4.88. The second kappa shape index (κ2) is 4.73. The van der Waals surface area contributed by atoms with Crippen molar-refractivity contribution in [3.63, 3.8) is 0 Å². The number of H-pyrrole nitrogens is 2. The van der Waals surface area contributed by atoms with Gasteiger partial charge in [0, 0.05) is 9.30 Å². The molecule has 1 aromatic carbocycles. The molecule has 2 aromatic rings. The molecule has 0 fully saturated rings. The summed E-state index contributed by atoms with van der Waals surface area (Å²) in [6, 6.07) is 3.09. The molecular weight excluding hydrogens is 381 g/mol. The zero-order chi connectivity index (χ0) is 13.5. The first-order valence-corrected chi connectivity index (χ1v) is 6.59. The van der Waals surface area contributed by atoms with Crippen LogP contribution in [0, 0.1) is 0 Å². The van der Waals surface area contributed by atoms with Crippen molar-refractivity contribution < 1.29 is 13.2 Å². The van der Waals surface area contributed by atoms with Crippen molar-refractivity contribution >= 4 is 42.9 Å². The van der Waals surface area contributed by atoms with Crippen LogP contribution in [0.4, 0.5) is 13.2 Å². The predicted octanol–water partition coefficient (Wildman–Crippen LogP) is 4.01. The lowest BCUT2D eigenvalue weighted by Gasteiger charge is -2.14. The SMILES string of the molecule is O=c1[nH]c2cc(Br)c(C(Br)CC(F)(F)F)cc2[nH]1. The van der Waals surface area contributed by atoms with Gasteiger partial charge in [0.2, 0.25) is 0 Å². The Morgan fingerprint density at radius 2 is 1.78 bits per heavy atom. The lowest BCUT2D eigenvalue weighted by Crippen LogP contribution is -2.10. The second-order valence-electron chi connectivity index (χ2n) is 3.79. The van der Waals surface area contributed by atoms with Crippen LogP contribution in [-0.4, -0.2) is 16.1 Å². The summed E-state index contributed by atoms with van der Waals surface area (Å²) in [6.45, 7) is 0. The summed E-state index contributed by atoms with van der Waals surface area (Å²) in [5.41, 5.74) is 1.07. The van der Waals surface area contributed by atoms with Gasteiger partial charge in [-0.05, 0) is 17.7 Å². The summed E-state index contributed by atoms with van der Waals surface area (Å²) in [5.74, 6) is 0. The van der Waals surface area contributed by atoms with Gasteiger partial charge in [-0.2, -0.15) is 13.2 Å². The normalized spacial score (nSPS) is 14.1. The van der Waals surface area contributed by atoms with E-state index in [-0.39, 0.29) is 0 Å². The van der Waals surface area contributed by atoms with Crippen LogP contribution in [0.25, 0.3) is 11.0 Å². The van der Waals surface area contributed by atoms with Crippen molar-refractivity contribution in [2.75, 3.05) is 0 Å². The number of aromatic amines is 2.